The van der Waals surface area contributed by atoms with Gasteiger partial charge in [0.1, 0.15) is 0 Å². The molecule has 0 aliphatic heterocycles. The second-order valence-electron chi connectivity index (χ2n) is 3.53. The van der Waals surface area contributed by atoms with Crippen LogP contribution in [0.3, 0.4) is 0 Å². The van der Waals surface area contributed by atoms with Crippen molar-refractivity contribution in [2.24, 2.45) is 0 Å². The van der Waals surface area contributed by atoms with E-state index in [0.717, 1.165) is 0 Å². The number of hydrogen-bond acceptors (Lipinski definition) is 7. The fourth-order valence-electron chi connectivity index (χ4n) is 1.39. The zero-order valence-corrected chi connectivity index (χ0v) is 12.1. The Bertz CT molecular complexity index is 452. The molecule has 1 aromatic heterocycles. The van der Waals surface area contributed by atoms with E-state index >= 15 is 0 Å². The van der Waals surface area contributed by atoms with E-state index in [2.05, 4.69) is 15.0 Å². The van der Waals surface area contributed by atoms with E-state index in [1.54, 1.807) is 13.8 Å². The third-order valence-electron chi connectivity index (χ3n) is 2.19. The number of carbonyl (C=O) groups excluding carboxylic acids is 1. The lowest BCUT2D eigenvalue weighted by Crippen LogP contribution is -2.08. The van der Waals surface area contributed by atoms with Crippen molar-refractivity contribution >= 4 is 13.6 Å². The van der Waals surface area contributed by atoms with Crippen LogP contribution in [0.2, 0.25) is 0 Å². The first-order valence-corrected chi connectivity index (χ1v) is 7.64. The topological polar surface area (TPSA) is 92.5 Å². The van der Waals surface area contributed by atoms with E-state index in [1.807, 2.05) is 0 Å². The molecule has 0 aromatic carbocycles. The highest BCUT2D eigenvalue weighted by Crippen LogP contribution is 2.47. The molecular formula is C10H18N3O5P. The van der Waals surface area contributed by atoms with Crippen molar-refractivity contribution in [3.8, 4) is 0 Å². The Morgan fingerprint density at radius 2 is 2.00 bits per heavy atom. The lowest BCUT2D eigenvalue weighted by molar-refractivity contribution is 0.0594. The predicted molar refractivity (Wildman–Crippen MR) is 67.1 cm³/mol. The summed E-state index contributed by atoms with van der Waals surface area (Å²) in [7, 11) is -1.85. The predicted octanol–water partition coefficient (Wildman–Crippen LogP) is 1.33. The molecule has 1 aromatic rings. The number of ether oxygens (including phenoxy) is 1. The molecule has 8 nitrogen and oxygen atoms in total. The number of aryl methyl sites for hydroxylation is 1. The number of methoxy groups -OCH3 is 1. The number of aromatic nitrogens is 3. The molecule has 0 aliphatic rings. The maximum absolute atomic E-state index is 12.2. The first-order valence-electron chi connectivity index (χ1n) is 5.91. The highest BCUT2D eigenvalue weighted by atomic mass is 31.2. The molecule has 0 spiro atoms. The van der Waals surface area contributed by atoms with Gasteiger partial charge in [-0.2, -0.15) is 0 Å². The molecule has 0 N–H and O–H groups in total. The van der Waals surface area contributed by atoms with E-state index in [0.29, 0.717) is 13.2 Å². The van der Waals surface area contributed by atoms with Crippen molar-refractivity contribution < 1.29 is 23.1 Å². The van der Waals surface area contributed by atoms with Gasteiger partial charge >= 0.3 is 13.6 Å². The minimum atomic E-state index is -3.11. The molecule has 0 aliphatic carbocycles. The molecule has 0 fully saturated rings. The van der Waals surface area contributed by atoms with Crippen molar-refractivity contribution in [2.45, 2.75) is 20.4 Å². The Kier molecular flexibility index (Phi) is 6.14. The molecule has 0 bridgehead atoms. The summed E-state index contributed by atoms with van der Waals surface area (Å²) < 4.78 is 28.4. The van der Waals surface area contributed by atoms with Gasteiger partial charge in [0.2, 0.25) is 0 Å². The van der Waals surface area contributed by atoms with E-state index in [-0.39, 0.29) is 18.4 Å². The van der Waals surface area contributed by atoms with Crippen LogP contribution in [0.15, 0.2) is 6.20 Å². The third kappa shape index (κ3) is 4.74. The van der Waals surface area contributed by atoms with Crippen LogP contribution in [0.4, 0.5) is 0 Å². The highest BCUT2D eigenvalue weighted by molar-refractivity contribution is 7.53. The summed E-state index contributed by atoms with van der Waals surface area (Å²) in [5, 5.41) is 7.39. The van der Waals surface area contributed by atoms with Crippen LogP contribution in [0.25, 0.3) is 0 Å². The Balaban J connectivity index is 2.62. The second-order valence-corrected chi connectivity index (χ2v) is 5.71. The van der Waals surface area contributed by atoms with Crippen molar-refractivity contribution in [2.75, 3.05) is 26.5 Å². The fourth-order valence-corrected chi connectivity index (χ4v) is 2.96. The van der Waals surface area contributed by atoms with E-state index < -0.39 is 13.6 Å². The van der Waals surface area contributed by atoms with Gasteiger partial charge in [0.05, 0.1) is 39.2 Å². The Labute approximate surface area is 111 Å². The molecule has 0 amide bonds. The van der Waals surface area contributed by atoms with Gasteiger partial charge in [-0.05, 0) is 13.8 Å². The zero-order chi connectivity index (χ0) is 14.3. The van der Waals surface area contributed by atoms with Crippen LogP contribution in [0, 0.1) is 0 Å². The molecule has 1 rings (SSSR count). The van der Waals surface area contributed by atoms with Crippen LogP contribution in [-0.4, -0.2) is 47.4 Å². The monoisotopic (exact) mass is 291 g/mol. The smallest absolute Gasteiger partial charge is 0.360 e. The highest BCUT2D eigenvalue weighted by Gasteiger charge is 2.23. The first kappa shape index (κ1) is 15.8. The average Bonchev–Trinajstić information content (AvgIpc) is 2.85. The third-order valence-corrected chi connectivity index (χ3v) is 4.24. The summed E-state index contributed by atoms with van der Waals surface area (Å²) >= 11 is 0. The SMILES string of the molecule is CCOP(=O)(CCn1cc(C(=O)OC)nn1)OCC. The lowest BCUT2D eigenvalue weighted by atomic mass is 10.5. The van der Waals surface area contributed by atoms with E-state index in [9.17, 15) is 9.36 Å². The molecule has 108 valence electrons. The number of carbonyl (C=O) groups is 1. The number of esters is 1. The lowest BCUT2D eigenvalue weighted by Gasteiger charge is -2.16. The second kappa shape index (κ2) is 7.37. The molecule has 0 radical (unpaired) electrons. The summed E-state index contributed by atoms with van der Waals surface area (Å²) in [5.74, 6) is -0.566. The number of nitrogens with zero attached hydrogens (tertiary/aromatic N) is 3. The summed E-state index contributed by atoms with van der Waals surface area (Å²) in [5.41, 5.74) is 0.102. The molecule has 0 unspecified atom stereocenters. The van der Waals surface area contributed by atoms with Crippen LogP contribution in [0.1, 0.15) is 24.3 Å². The normalized spacial score (nSPS) is 11.5. The summed E-state index contributed by atoms with van der Waals surface area (Å²) in [4.78, 5) is 11.2. The summed E-state index contributed by atoms with van der Waals surface area (Å²) in [6.07, 6.45) is 1.59. The van der Waals surface area contributed by atoms with Gasteiger partial charge in [-0.25, -0.2) is 4.79 Å². The first-order chi connectivity index (χ1) is 9.04. The molecule has 0 saturated carbocycles. The minimum Gasteiger partial charge on any atom is -0.464 e. The summed E-state index contributed by atoms with van der Waals surface area (Å²) in [6.45, 7) is 4.39. The Morgan fingerprint density at radius 1 is 1.37 bits per heavy atom. The van der Waals surface area contributed by atoms with Gasteiger partial charge in [0.25, 0.3) is 0 Å². The van der Waals surface area contributed by atoms with Crippen molar-refractivity contribution in [1.29, 1.82) is 0 Å². The fraction of sp³-hybridized carbons (Fsp3) is 0.700. The van der Waals surface area contributed by atoms with Crippen LogP contribution in [-0.2, 0) is 24.9 Å². The van der Waals surface area contributed by atoms with Gasteiger partial charge in [0, 0.05) is 0 Å². The molecule has 1 heterocycles. The van der Waals surface area contributed by atoms with Crippen molar-refractivity contribution in [3.05, 3.63) is 11.9 Å². The zero-order valence-electron chi connectivity index (χ0n) is 11.2. The van der Waals surface area contributed by atoms with Crippen LogP contribution < -0.4 is 0 Å². The quantitative estimate of drug-likeness (QED) is 0.527. The number of rotatable bonds is 8. The van der Waals surface area contributed by atoms with Crippen LogP contribution >= 0.6 is 7.60 Å². The maximum atomic E-state index is 12.2. The minimum absolute atomic E-state index is 0.102. The maximum Gasteiger partial charge on any atom is 0.360 e. The van der Waals surface area contributed by atoms with Gasteiger partial charge in [-0.3, -0.25) is 9.25 Å². The van der Waals surface area contributed by atoms with Gasteiger partial charge in [-0.1, -0.05) is 5.21 Å². The van der Waals surface area contributed by atoms with E-state index in [4.69, 9.17) is 9.05 Å². The molecule has 9 heteroatoms. The number of hydrogen-bond donors (Lipinski definition) is 0. The van der Waals surface area contributed by atoms with Crippen molar-refractivity contribution in [3.63, 3.8) is 0 Å². The molecule has 0 atom stereocenters. The largest absolute Gasteiger partial charge is 0.464 e. The molecule has 0 saturated heterocycles. The Morgan fingerprint density at radius 3 is 2.53 bits per heavy atom. The molecular weight excluding hydrogens is 273 g/mol. The molecule has 19 heavy (non-hydrogen) atoms. The standard InChI is InChI=1S/C10H18N3O5P/c1-4-17-19(15,18-5-2)7-6-13-8-9(11-12-13)10(14)16-3/h8H,4-7H2,1-3H3. The summed E-state index contributed by atoms with van der Waals surface area (Å²) in [6, 6.07) is 0. The van der Waals surface area contributed by atoms with Gasteiger partial charge in [-0.15, -0.1) is 5.10 Å². The average molecular weight is 291 g/mol. The van der Waals surface area contributed by atoms with Crippen molar-refractivity contribution in [1.82, 2.24) is 15.0 Å². The van der Waals surface area contributed by atoms with Crippen LogP contribution in [0.5, 0.6) is 0 Å². The van der Waals surface area contributed by atoms with Gasteiger partial charge < -0.3 is 13.8 Å². The Hall–Kier alpha value is -1.24. The van der Waals surface area contributed by atoms with Gasteiger partial charge in [0.15, 0.2) is 5.69 Å². The van der Waals surface area contributed by atoms with E-state index in [1.165, 1.54) is 18.0 Å².